The summed E-state index contributed by atoms with van der Waals surface area (Å²) in [5.41, 5.74) is 3.33. The number of aromatic nitrogens is 3. The first kappa shape index (κ1) is 25.3. The Bertz CT molecular complexity index is 1420. The minimum Gasteiger partial charge on any atom is -0.438 e. The zero-order valence-electron chi connectivity index (χ0n) is 21.8. The molecule has 0 unspecified atom stereocenters. The maximum absolute atomic E-state index is 11.7. The van der Waals surface area contributed by atoms with Gasteiger partial charge in [-0.2, -0.15) is 9.97 Å². The van der Waals surface area contributed by atoms with Crippen LogP contribution in [0.5, 0.6) is 11.6 Å². The molecule has 2 aromatic carbocycles. The summed E-state index contributed by atoms with van der Waals surface area (Å²) in [6.07, 6.45) is 5.40. The van der Waals surface area contributed by atoms with E-state index >= 15 is 0 Å². The zero-order valence-corrected chi connectivity index (χ0v) is 21.8. The van der Waals surface area contributed by atoms with Gasteiger partial charge in [0.2, 0.25) is 17.7 Å². The normalized spacial score (nSPS) is 15.4. The number of likely N-dealkylation sites (N-methyl/N-ethyl adjacent to an activating group) is 1. The number of nitrogens with one attached hydrogen (secondary N) is 3. The summed E-state index contributed by atoms with van der Waals surface area (Å²) in [4.78, 5) is 29.0. The Labute approximate surface area is 222 Å². The van der Waals surface area contributed by atoms with Crippen LogP contribution in [0.4, 0.5) is 23.0 Å². The summed E-state index contributed by atoms with van der Waals surface area (Å²) in [6, 6.07) is 17.8. The summed E-state index contributed by atoms with van der Waals surface area (Å²) in [5.74, 6) is 1.07. The molecule has 1 amide bonds. The monoisotopic (exact) mass is 511 g/mol. The molecular weight excluding hydrogens is 478 g/mol. The Morgan fingerprint density at radius 1 is 1.21 bits per heavy atom. The fraction of sp³-hybridized carbons (Fsp3) is 0.276. The number of likely N-dealkylation sites (tertiary alicyclic amines) is 1. The van der Waals surface area contributed by atoms with Crippen LogP contribution in [-0.2, 0) is 4.79 Å². The van der Waals surface area contributed by atoms with Gasteiger partial charge in [0, 0.05) is 55.5 Å². The molecule has 0 spiro atoms. The molecule has 9 nitrogen and oxygen atoms in total. The second-order valence-electron chi connectivity index (χ2n) is 9.44. The predicted molar refractivity (Wildman–Crippen MR) is 152 cm³/mol. The van der Waals surface area contributed by atoms with Crippen molar-refractivity contribution in [2.45, 2.75) is 25.8 Å². The second-order valence-corrected chi connectivity index (χ2v) is 9.44. The van der Waals surface area contributed by atoms with Crippen molar-refractivity contribution in [1.82, 2.24) is 19.9 Å². The molecule has 2 aromatic heterocycles. The van der Waals surface area contributed by atoms with Crippen LogP contribution in [-0.4, -0.2) is 58.5 Å². The van der Waals surface area contributed by atoms with Crippen molar-refractivity contribution >= 4 is 40.0 Å². The molecule has 1 saturated heterocycles. The van der Waals surface area contributed by atoms with E-state index < -0.39 is 0 Å². The van der Waals surface area contributed by atoms with E-state index in [1.54, 1.807) is 30.5 Å². The van der Waals surface area contributed by atoms with Crippen LogP contribution in [0.2, 0.25) is 0 Å². The molecule has 196 valence electrons. The number of carbonyl (C=O) groups is 1. The fourth-order valence-electron chi connectivity index (χ4n) is 4.76. The van der Waals surface area contributed by atoms with Crippen LogP contribution < -0.4 is 20.3 Å². The third-order valence-corrected chi connectivity index (χ3v) is 6.75. The molecule has 3 heterocycles. The van der Waals surface area contributed by atoms with Gasteiger partial charge in [-0.05, 0) is 67.9 Å². The van der Waals surface area contributed by atoms with Crippen molar-refractivity contribution in [3.05, 3.63) is 73.4 Å². The fourth-order valence-corrected chi connectivity index (χ4v) is 4.76. The Hall–Kier alpha value is -4.37. The number of aromatic amines is 1. The highest BCUT2D eigenvalue weighted by atomic mass is 16.5. The number of benzene rings is 2. The summed E-state index contributed by atoms with van der Waals surface area (Å²) in [6.45, 7) is 9.17. The minimum absolute atomic E-state index is 0.289. The van der Waals surface area contributed by atoms with Gasteiger partial charge in [0.1, 0.15) is 11.4 Å². The van der Waals surface area contributed by atoms with Crippen molar-refractivity contribution in [2.75, 3.05) is 42.2 Å². The first-order valence-electron chi connectivity index (χ1n) is 12.9. The molecule has 0 aliphatic carbocycles. The smallest absolute Gasteiger partial charge is 0.247 e. The molecule has 1 fully saturated rings. The highest BCUT2D eigenvalue weighted by Gasteiger charge is 2.25. The maximum Gasteiger partial charge on any atom is 0.247 e. The molecule has 1 atom stereocenters. The van der Waals surface area contributed by atoms with E-state index in [1.165, 1.54) is 37.7 Å². The molecule has 38 heavy (non-hydrogen) atoms. The lowest BCUT2D eigenvalue weighted by Crippen LogP contribution is -2.34. The van der Waals surface area contributed by atoms with Gasteiger partial charge in [-0.15, -0.1) is 0 Å². The van der Waals surface area contributed by atoms with Gasteiger partial charge in [-0.1, -0.05) is 19.6 Å². The van der Waals surface area contributed by atoms with Crippen molar-refractivity contribution in [3.63, 3.8) is 0 Å². The van der Waals surface area contributed by atoms with E-state index in [9.17, 15) is 4.79 Å². The molecule has 1 aliphatic heterocycles. The summed E-state index contributed by atoms with van der Waals surface area (Å²) < 4.78 is 6.12. The van der Waals surface area contributed by atoms with E-state index in [2.05, 4.69) is 68.1 Å². The molecular formula is C29H33N7O2. The van der Waals surface area contributed by atoms with Gasteiger partial charge in [0.25, 0.3) is 0 Å². The number of nitrogens with zero attached hydrogens (tertiary/aromatic N) is 4. The molecule has 5 rings (SSSR count). The number of hydrogen-bond acceptors (Lipinski definition) is 7. The predicted octanol–water partition coefficient (Wildman–Crippen LogP) is 5.54. The van der Waals surface area contributed by atoms with Gasteiger partial charge in [-0.25, -0.2) is 0 Å². The highest BCUT2D eigenvalue weighted by molar-refractivity contribution is 5.99. The molecule has 1 aliphatic rings. The first-order valence-corrected chi connectivity index (χ1v) is 12.9. The maximum atomic E-state index is 11.7. The van der Waals surface area contributed by atoms with Gasteiger partial charge in [0.05, 0.1) is 5.39 Å². The van der Waals surface area contributed by atoms with E-state index in [0.29, 0.717) is 35.0 Å². The van der Waals surface area contributed by atoms with Crippen LogP contribution in [0.1, 0.15) is 19.8 Å². The number of amides is 1. The number of rotatable bonds is 10. The largest absolute Gasteiger partial charge is 0.438 e. The number of anilines is 4. The topological polar surface area (TPSA) is 98.4 Å². The lowest BCUT2D eigenvalue weighted by Gasteiger charge is -2.27. The number of carbonyl (C=O) groups excluding carboxylic acids is 1. The quantitative estimate of drug-likeness (QED) is 0.241. The van der Waals surface area contributed by atoms with Gasteiger partial charge < -0.3 is 30.2 Å². The summed E-state index contributed by atoms with van der Waals surface area (Å²) in [7, 11) is 2.17. The standard InChI is InChI=1S/C29H33N7O2/c1-4-16-36-17-14-23(19-36)35(3)22-11-9-20(10-12-22)32-29-33-27-25(13-15-30-27)28(34-29)38-24-8-6-7-21(18-24)31-26(37)5-2/h5-13,15,18,23H,2,4,14,16-17,19H2,1,3H3,(H,31,37)(H2,30,32,33,34)/t23-/m1/s1. The SMILES string of the molecule is C=CC(=O)Nc1cccc(Oc2nc(Nc3ccc(N(C)[C@@H]4CCN(CCC)C4)cc3)nc3[nH]ccc23)c1. The Morgan fingerprint density at radius 3 is 2.84 bits per heavy atom. The van der Waals surface area contributed by atoms with Crippen LogP contribution in [0.25, 0.3) is 11.0 Å². The average Bonchev–Trinajstić information content (AvgIpc) is 3.59. The summed E-state index contributed by atoms with van der Waals surface area (Å²) >= 11 is 0. The zero-order chi connectivity index (χ0) is 26.5. The summed E-state index contributed by atoms with van der Waals surface area (Å²) in [5, 5.41) is 6.79. The molecule has 9 heteroatoms. The minimum atomic E-state index is -0.289. The second kappa shape index (κ2) is 11.4. The number of H-pyrrole nitrogens is 1. The molecule has 0 saturated carbocycles. The molecule has 0 radical (unpaired) electrons. The van der Waals surface area contributed by atoms with Crippen LogP contribution in [0, 0.1) is 0 Å². The average molecular weight is 512 g/mol. The van der Waals surface area contributed by atoms with E-state index in [4.69, 9.17) is 4.74 Å². The molecule has 4 aromatic rings. The van der Waals surface area contributed by atoms with Gasteiger partial charge >= 0.3 is 0 Å². The van der Waals surface area contributed by atoms with Gasteiger partial charge in [-0.3, -0.25) is 4.79 Å². The van der Waals surface area contributed by atoms with Crippen molar-refractivity contribution < 1.29 is 9.53 Å². The van der Waals surface area contributed by atoms with Crippen LogP contribution in [0.3, 0.4) is 0 Å². The highest BCUT2D eigenvalue weighted by Crippen LogP contribution is 2.31. The van der Waals surface area contributed by atoms with Crippen molar-refractivity contribution in [3.8, 4) is 11.6 Å². The molecule has 3 N–H and O–H groups in total. The van der Waals surface area contributed by atoms with Gasteiger partial charge in [0.15, 0.2) is 0 Å². The van der Waals surface area contributed by atoms with E-state index in [0.717, 1.165) is 17.6 Å². The molecule has 0 bridgehead atoms. The van der Waals surface area contributed by atoms with E-state index in [1.807, 2.05) is 18.2 Å². The van der Waals surface area contributed by atoms with E-state index in [-0.39, 0.29) is 5.91 Å². The van der Waals surface area contributed by atoms with Crippen LogP contribution in [0.15, 0.2) is 73.4 Å². The Kier molecular flexibility index (Phi) is 7.55. The first-order chi connectivity index (χ1) is 18.5. The van der Waals surface area contributed by atoms with Crippen molar-refractivity contribution in [2.24, 2.45) is 0 Å². The number of ether oxygens (including phenoxy) is 1. The van der Waals surface area contributed by atoms with Crippen LogP contribution >= 0.6 is 0 Å². The lowest BCUT2D eigenvalue weighted by molar-refractivity contribution is -0.111. The third-order valence-electron chi connectivity index (χ3n) is 6.75. The van der Waals surface area contributed by atoms with Crippen molar-refractivity contribution in [1.29, 1.82) is 0 Å². The Morgan fingerprint density at radius 2 is 2.05 bits per heavy atom. The Balaban J connectivity index is 1.31. The third kappa shape index (κ3) is 5.78. The number of fused-ring (bicyclic) bond motifs is 1. The number of hydrogen-bond donors (Lipinski definition) is 3. The lowest BCUT2D eigenvalue weighted by atomic mass is 10.2.